The third kappa shape index (κ3) is 3.14. The number of aliphatic hydroxyl groups is 1. The first-order chi connectivity index (χ1) is 6.15. The van der Waals surface area contributed by atoms with E-state index in [1.165, 1.54) is 12.1 Å². The van der Waals surface area contributed by atoms with Crippen LogP contribution in [0.5, 0.6) is 5.75 Å². The first kappa shape index (κ1) is 13.2. The number of aliphatic hydroxyl groups excluding tert-OH is 1. The molecule has 14 heavy (non-hydrogen) atoms. The van der Waals surface area contributed by atoms with Crippen LogP contribution >= 0.6 is 12.4 Å². The molecule has 0 spiro atoms. The van der Waals surface area contributed by atoms with E-state index in [1.54, 1.807) is 0 Å². The zero-order chi connectivity index (χ0) is 9.84. The summed E-state index contributed by atoms with van der Waals surface area (Å²) in [6.07, 6.45) is 0.303. The van der Waals surface area contributed by atoms with Crippen molar-refractivity contribution in [3.63, 3.8) is 0 Å². The lowest BCUT2D eigenvalue weighted by molar-refractivity contribution is 0.275. The van der Waals surface area contributed by atoms with Gasteiger partial charge in [-0.1, -0.05) is 0 Å². The van der Waals surface area contributed by atoms with Gasteiger partial charge in [-0.05, 0) is 24.6 Å². The molecular formula is C9H13ClFNO2. The van der Waals surface area contributed by atoms with Crippen molar-refractivity contribution >= 4 is 12.4 Å². The van der Waals surface area contributed by atoms with Crippen LogP contribution in [0.25, 0.3) is 0 Å². The van der Waals surface area contributed by atoms with Crippen molar-refractivity contribution < 1.29 is 14.6 Å². The van der Waals surface area contributed by atoms with Crippen molar-refractivity contribution in [3.8, 4) is 5.75 Å². The molecule has 0 aliphatic heterocycles. The van der Waals surface area contributed by atoms with Crippen LogP contribution in [-0.4, -0.2) is 16.8 Å². The number of hydrogen-bond acceptors (Lipinski definition) is 3. The minimum Gasteiger partial charge on any atom is -0.508 e. The van der Waals surface area contributed by atoms with Gasteiger partial charge in [0, 0.05) is 18.2 Å². The SMILES string of the molecule is Cl.NC(CCO)c1cc(F)ccc1O. The van der Waals surface area contributed by atoms with E-state index < -0.39 is 11.9 Å². The van der Waals surface area contributed by atoms with Crippen LogP contribution < -0.4 is 5.73 Å². The highest BCUT2D eigenvalue weighted by Crippen LogP contribution is 2.24. The monoisotopic (exact) mass is 221 g/mol. The molecule has 5 heteroatoms. The molecule has 0 aliphatic rings. The van der Waals surface area contributed by atoms with Crippen molar-refractivity contribution in [3.05, 3.63) is 29.6 Å². The molecule has 0 saturated heterocycles. The zero-order valence-electron chi connectivity index (χ0n) is 7.48. The number of hydrogen-bond donors (Lipinski definition) is 3. The van der Waals surface area contributed by atoms with E-state index in [0.717, 1.165) is 6.07 Å². The van der Waals surface area contributed by atoms with Gasteiger partial charge < -0.3 is 15.9 Å². The molecule has 4 N–H and O–H groups in total. The molecule has 3 nitrogen and oxygen atoms in total. The second-order valence-electron chi connectivity index (χ2n) is 2.82. The van der Waals surface area contributed by atoms with Crippen LogP contribution in [0.3, 0.4) is 0 Å². The maximum Gasteiger partial charge on any atom is 0.123 e. The van der Waals surface area contributed by atoms with Crippen LogP contribution in [0.15, 0.2) is 18.2 Å². The predicted molar refractivity (Wildman–Crippen MR) is 53.9 cm³/mol. The summed E-state index contributed by atoms with van der Waals surface area (Å²) >= 11 is 0. The van der Waals surface area contributed by atoms with E-state index in [1.807, 2.05) is 0 Å². The topological polar surface area (TPSA) is 66.5 Å². The molecule has 0 radical (unpaired) electrons. The lowest BCUT2D eigenvalue weighted by Gasteiger charge is -2.11. The first-order valence-electron chi connectivity index (χ1n) is 4.00. The van der Waals surface area contributed by atoms with Crippen LogP contribution in [0.4, 0.5) is 4.39 Å². The van der Waals surface area contributed by atoms with Gasteiger partial charge in [-0.15, -0.1) is 12.4 Å². The highest BCUT2D eigenvalue weighted by Gasteiger charge is 2.10. The van der Waals surface area contributed by atoms with Gasteiger partial charge in [-0.3, -0.25) is 0 Å². The van der Waals surface area contributed by atoms with Crippen LogP contribution in [-0.2, 0) is 0 Å². The van der Waals surface area contributed by atoms with Gasteiger partial charge in [0.1, 0.15) is 11.6 Å². The summed E-state index contributed by atoms with van der Waals surface area (Å²) in [7, 11) is 0. The normalized spacial score (nSPS) is 11.9. The molecule has 0 fully saturated rings. The summed E-state index contributed by atoms with van der Waals surface area (Å²) in [6.45, 7) is -0.0862. The van der Waals surface area contributed by atoms with Crippen LogP contribution in [0.1, 0.15) is 18.0 Å². The molecule has 0 saturated carbocycles. The van der Waals surface area contributed by atoms with E-state index in [-0.39, 0.29) is 24.8 Å². The largest absolute Gasteiger partial charge is 0.508 e. The molecule has 1 atom stereocenters. The summed E-state index contributed by atoms with van der Waals surface area (Å²) in [5.41, 5.74) is 5.92. The summed E-state index contributed by atoms with van der Waals surface area (Å²) in [4.78, 5) is 0. The van der Waals surface area contributed by atoms with Gasteiger partial charge in [0.2, 0.25) is 0 Å². The Morgan fingerprint density at radius 1 is 1.43 bits per heavy atom. The van der Waals surface area contributed by atoms with E-state index in [4.69, 9.17) is 10.8 Å². The quantitative estimate of drug-likeness (QED) is 0.722. The maximum absolute atomic E-state index is 12.7. The molecule has 1 unspecified atom stereocenters. The smallest absolute Gasteiger partial charge is 0.123 e. The molecule has 0 aromatic heterocycles. The fourth-order valence-corrected chi connectivity index (χ4v) is 1.12. The van der Waals surface area contributed by atoms with E-state index in [9.17, 15) is 9.50 Å². The molecular weight excluding hydrogens is 209 g/mol. The highest BCUT2D eigenvalue weighted by atomic mass is 35.5. The minimum absolute atomic E-state index is 0. The fourth-order valence-electron chi connectivity index (χ4n) is 1.12. The van der Waals surface area contributed by atoms with Crippen molar-refractivity contribution in [1.29, 1.82) is 0 Å². The Labute approximate surface area is 87.8 Å². The zero-order valence-corrected chi connectivity index (χ0v) is 8.30. The second kappa shape index (κ2) is 5.80. The Kier molecular flexibility index (Phi) is 5.45. The van der Waals surface area contributed by atoms with E-state index >= 15 is 0 Å². The maximum atomic E-state index is 12.7. The Balaban J connectivity index is 0.00000169. The fraction of sp³-hybridized carbons (Fsp3) is 0.333. The van der Waals surface area contributed by atoms with Crippen LogP contribution in [0.2, 0.25) is 0 Å². The number of aromatic hydroxyl groups is 1. The van der Waals surface area contributed by atoms with Crippen molar-refractivity contribution in [2.45, 2.75) is 12.5 Å². The van der Waals surface area contributed by atoms with Gasteiger partial charge in [0.15, 0.2) is 0 Å². The van der Waals surface area contributed by atoms with Gasteiger partial charge in [-0.2, -0.15) is 0 Å². The average Bonchev–Trinajstić information content (AvgIpc) is 2.09. The van der Waals surface area contributed by atoms with E-state index in [2.05, 4.69) is 0 Å². The van der Waals surface area contributed by atoms with Gasteiger partial charge in [-0.25, -0.2) is 4.39 Å². The third-order valence-electron chi connectivity index (χ3n) is 1.83. The number of rotatable bonds is 3. The number of phenols is 1. The minimum atomic E-state index is -0.527. The number of halogens is 2. The number of benzene rings is 1. The standard InChI is InChI=1S/C9H12FNO2.ClH/c10-6-1-2-9(13)7(5-6)8(11)3-4-12;/h1-2,5,8,12-13H,3-4,11H2;1H. The molecule has 0 bridgehead atoms. The lowest BCUT2D eigenvalue weighted by atomic mass is 10.0. The molecule has 1 aromatic rings. The van der Waals surface area contributed by atoms with E-state index in [0.29, 0.717) is 12.0 Å². The Morgan fingerprint density at radius 2 is 2.07 bits per heavy atom. The summed E-state index contributed by atoms with van der Waals surface area (Å²) in [6, 6.07) is 3.06. The summed E-state index contributed by atoms with van der Waals surface area (Å²) < 4.78 is 12.7. The van der Waals surface area contributed by atoms with Crippen LogP contribution in [0, 0.1) is 5.82 Å². The first-order valence-corrected chi connectivity index (χ1v) is 4.00. The highest BCUT2D eigenvalue weighted by molar-refractivity contribution is 5.85. The molecule has 0 amide bonds. The van der Waals surface area contributed by atoms with Gasteiger partial charge in [0.25, 0.3) is 0 Å². The van der Waals surface area contributed by atoms with Crippen molar-refractivity contribution in [2.75, 3.05) is 6.61 Å². The van der Waals surface area contributed by atoms with Crippen molar-refractivity contribution in [1.82, 2.24) is 0 Å². The lowest BCUT2D eigenvalue weighted by Crippen LogP contribution is -2.12. The average molecular weight is 222 g/mol. The molecule has 1 aromatic carbocycles. The van der Waals surface area contributed by atoms with Crippen molar-refractivity contribution in [2.24, 2.45) is 5.73 Å². The number of phenolic OH excluding ortho intramolecular Hbond substituents is 1. The Hall–Kier alpha value is -0.840. The molecule has 80 valence electrons. The number of nitrogens with two attached hydrogens (primary N) is 1. The Morgan fingerprint density at radius 3 is 2.64 bits per heavy atom. The Bertz CT molecular complexity index is 296. The summed E-state index contributed by atoms with van der Waals surface area (Å²) in [5.74, 6) is -0.483. The van der Waals surface area contributed by atoms with Gasteiger partial charge in [0.05, 0.1) is 0 Å². The summed E-state index contributed by atoms with van der Waals surface area (Å²) in [5, 5.41) is 17.9. The molecule has 0 heterocycles. The van der Waals surface area contributed by atoms with Gasteiger partial charge >= 0.3 is 0 Å². The second-order valence-corrected chi connectivity index (χ2v) is 2.82. The third-order valence-corrected chi connectivity index (χ3v) is 1.83. The predicted octanol–water partition coefficient (Wildman–Crippen LogP) is 1.34. The molecule has 1 rings (SSSR count). The molecule has 0 aliphatic carbocycles.